The molecule has 33 heavy (non-hydrogen) atoms. The minimum absolute atomic E-state index is 0.155. The van der Waals surface area contributed by atoms with Crippen LogP contribution in [-0.4, -0.2) is 47.0 Å². The van der Waals surface area contributed by atoms with Crippen molar-refractivity contribution in [3.8, 4) is 22.5 Å². The van der Waals surface area contributed by atoms with Crippen molar-refractivity contribution < 1.29 is 9.59 Å². The van der Waals surface area contributed by atoms with E-state index >= 15 is 0 Å². The summed E-state index contributed by atoms with van der Waals surface area (Å²) >= 11 is 0. The Balaban J connectivity index is 1.61. The standard InChI is InChI=1S/C27H26N4O2/c1-31(2)27(33)25(17-19-11-5-3-6-12-19)28-26(32)22-16-10-9-15-21(22)24-18-23(29-30-24)20-13-7-4-8-14-20/h3-16,18,25H,17H2,1-2H3,(H,28,32)(H,29,30)/t25-/m0/s1. The molecule has 4 rings (SSSR count). The van der Waals surface area contributed by atoms with Gasteiger partial charge in [0.2, 0.25) is 5.91 Å². The molecular weight excluding hydrogens is 412 g/mol. The number of amides is 2. The summed E-state index contributed by atoms with van der Waals surface area (Å²) in [7, 11) is 3.38. The fourth-order valence-electron chi connectivity index (χ4n) is 3.73. The molecule has 0 aliphatic carbocycles. The van der Waals surface area contributed by atoms with E-state index in [1.165, 1.54) is 4.90 Å². The van der Waals surface area contributed by atoms with E-state index in [0.29, 0.717) is 12.0 Å². The Morgan fingerprint density at radius 3 is 2.24 bits per heavy atom. The van der Waals surface area contributed by atoms with Crippen LogP contribution >= 0.6 is 0 Å². The number of likely N-dealkylation sites (N-methyl/N-ethyl adjacent to an activating group) is 1. The van der Waals surface area contributed by atoms with Gasteiger partial charge >= 0.3 is 0 Å². The van der Waals surface area contributed by atoms with Gasteiger partial charge in [-0.05, 0) is 17.7 Å². The van der Waals surface area contributed by atoms with Gasteiger partial charge in [-0.2, -0.15) is 5.10 Å². The van der Waals surface area contributed by atoms with Crippen LogP contribution in [0.2, 0.25) is 0 Å². The molecule has 0 fully saturated rings. The van der Waals surface area contributed by atoms with E-state index < -0.39 is 6.04 Å². The van der Waals surface area contributed by atoms with Crippen LogP contribution in [0.15, 0.2) is 91.0 Å². The number of aromatic nitrogens is 2. The number of hydrogen-bond acceptors (Lipinski definition) is 3. The lowest BCUT2D eigenvalue weighted by Gasteiger charge is -2.22. The summed E-state index contributed by atoms with van der Waals surface area (Å²) in [6.07, 6.45) is 0.411. The highest BCUT2D eigenvalue weighted by Crippen LogP contribution is 2.26. The molecule has 1 atom stereocenters. The second-order valence-corrected chi connectivity index (χ2v) is 8.03. The Morgan fingerprint density at radius 2 is 1.55 bits per heavy atom. The van der Waals surface area contributed by atoms with E-state index in [0.717, 1.165) is 28.1 Å². The molecule has 2 N–H and O–H groups in total. The zero-order valence-electron chi connectivity index (χ0n) is 18.7. The van der Waals surface area contributed by atoms with Gasteiger partial charge in [-0.15, -0.1) is 0 Å². The average Bonchev–Trinajstić information content (AvgIpc) is 3.34. The van der Waals surface area contributed by atoms with Gasteiger partial charge in [-0.1, -0.05) is 78.9 Å². The molecular formula is C27H26N4O2. The molecule has 0 unspecified atom stereocenters. The van der Waals surface area contributed by atoms with E-state index in [4.69, 9.17) is 0 Å². The number of nitrogens with zero attached hydrogens (tertiary/aromatic N) is 2. The normalized spacial score (nSPS) is 11.6. The predicted octanol–water partition coefficient (Wildman–Crippen LogP) is 4.17. The fourth-order valence-corrected chi connectivity index (χ4v) is 3.73. The van der Waals surface area contributed by atoms with Gasteiger partial charge in [0, 0.05) is 37.2 Å². The van der Waals surface area contributed by atoms with E-state index in [1.54, 1.807) is 20.2 Å². The third-order valence-electron chi connectivity index (χ3n) is 5.44. The second-order valence-electron chi connectivity index (χ2n) is 8.03. The van der Waals surface area contributed by atoms with Crippen LogP contribution < -0.4 is 5.32 Å². The molecule has 6 heteroatoms. The fraction of sp³-hybridized carbons (Fsp3) is 0.148. The summed E-state index contributed by atoms with van der Waals surface area (Å²) in [4.78, 5) is 27.7. The highest BCUT2D eigenvalue weighted by atomic mass is 16.2. The van der Waals surface area contributed by atoms with Crippen molar-refractivity contribution >= 4 is 11.8 Å². The molecule has 1 aromatic heterocycles. The first-order valence-corrected chi connectivity index (χ1v) is 10.8. The smallest absolute Gasteiger partial charge is 0.252 e. The largest absolute Gasteiger partial charge is 0.347 e. The van der Waals surface area contributed by atoms with Crippen molar-refractivity contribution in [1.82, 2.24) is 20.4 Å². The van der Waals surface area contributed by atoms with Crippen LogP contribution in [0.4, 0.5) is 0 Å². The van der Waals surface area contributed by atoms with E-state index in [2.05, 4.69) is 15.5 Å². The topological polar surface area (TPSA) is 78.1 Å². The third kappa shape index (κ3) is 5.18. The Kier molecular flexibility index (Phi) is 6.64. The third-order valence-corrected chi connectivity index (χ3v) is 5.44. The zero-order valence-corrected chi connectivity index (χ0v) is 18.7. The highest BCUT2D eigenvalue weighted by molar-refractivity contribution is 6.02. The molecule has 0 bridgehead atoms. The Hall–Kier alpha value is -4.19. The van der Waals surface area contributed by atoms with Gasteiger partial charge < -0.3 is 10.2 Å². The maximum atomic E-state index is 13.3. The van der Waals surface area contributed by atoms with Gasteiger partial charge in [0.05, 0.1) is 11.4 Å². The lowest BCUT2D eigenvalue weighted by molar-refractivity contribution is -0.130. The lowest BCUT2D eigenvalue weighted by Crippen LogP contribution is -2.47. The lowest BCUT2D eigenvalue weighted by atomic mass is 10.0. The zero-order chi connectivity index (χ0) is 23.2. The predicted molar refractivity (Wildman–Crippen MR) is 130 cm³/mol. The van der Waals surface area contributed by atoms with Crippen LogP contribution in [0.5, 0.6) is 0 Å². The summed E-state index contributed by atoms with van der Waals surface area (Å²) in [6.45, 7) is 0. The average molecular weight is 439 g/mol. The van der Waals surface area contributed by atoms with Gasteiger partial charge in [0.1, 0.15) is 6.04 Å². The minimum Gasteiger partial charge on any atom is -0.347 e. The SMILES string of the molecule is CN(C)C(=O)[C@H](Cc1ccccc1)NC(=O)c1ccccc1-c1cc(-c2ccccc2)n[nH]1. The van der Waals surface area contributed by atoms with Crippen molar-refractivity contribution in [2.24, 2.45) is 0 Å². The molecule has 1 heterocycles. The summed E-state index contributed by atoms with van der Waals surface area (Å²) in [5.74, 6) is -0.463. The monoisotopic (exact) mass is 438 g/mol. The highest BCUT2D eigenvalue weighted by Gasteiger charge is 2.25. The van der Waals surface area contributed by atoms with Crippen molar-refractivity contribution in [2.45, 2.75) is 12.5 Å². The summed E-state index contributed by atoms with van der Waals surface area (Å²) in [5.41, 5.74) is 4.70. The van der Waals surface area contributed by atoms with Gasteiger partial charge in [-0.25, -0.2) is 0 Å². The molecule has 166 valence electrons. The van der Waals surface area contributed by atoms with Crippen molar-refractivity contribution in [1.29, 1.82) is 0 Å². The number of benzene rings is 3. The number of rotatable bonds is 7. The minimum atomic E-state index is -0.676. The maximum absolute atomic E-state index is 13.3. The molecule has 2 amide bonds. The first-order chi connectivity index (χ1) is 16.0. The maximum Gasteiger partial charge on any atom is 0.252 e. The van der Waals surface area contributed by atoms with Crippen LogP contribution in [0.3, 0.4) is 0 Å². The van der Waals surface area contributed by atoms with E-state index in [1.807, 2.05) is 84.9 Å². The van der Waals surface area contributed by atoms with Gasteiger partial charge in [-0.3, -0.25) is 14.7 Å². The molecule has 6 nitrogen and oxygen atoms in total. The molecule has 0 radical (unpaired) electrons. The van der Waals surface area contributed by atoms with Gasteiger partial charge in [0.15, 0.2) is 0 Å². The Morgan fingerprint density at radius 1 is 0.909 bits per heavy atom. The van der Waals surface area contributed by atoms with Crippen LogP contribution in [0, 0.1) is 0 Å². The summed E-state index contributed by atoms with van der Waals surface area (Å²) in [6, 6.07) is 28.1. The first-order valence-electron chi connectivity index (χ1n) is 10.8. The summed E-state index contributed by atoms with van der Waals surface area (Å²) in [5, 5.41) is 10.4. The van der Waals surface area contributed by atoms with Crippen LogP contribution in [0.25, 0.3) is 22.5 Å². The van der Waals surface area contributed by atoms with Crippen LogP contribution in [-0.2, 0) is 11.2 Å². The molecule has 0 saturated heterocycles. The quantitative estimate of drug-likeness (QED) is 0.455. The van der Waals surface area contributed by atoms with E-state index in [-0.39, 0.29) is 11.8 Å². The van der Waals surface area contributed by atoms with Crippen molar-refractivity contribution in [3.05, 3.63) is 102 Å². The number of carbonyl (C=O) groups is 2. The number of aromatic amines is 1. The number of hydrogen-bond donors (Lipinski definition) is 2. The number of H-pyrrole nitrogens is 1. The second kappa shape index (κ2) is 9.96. The number of carbonyl (C=O) groups excluding carboxylic acids is 2. The first kappa shape index (κ1) is 22.0. The van der Waals surface area contributed by atoms with Crippen molar-refractivity contribution in [2.75, 3.05) is 14.1 Å². The Bertz CT molecular complexity index is 1230. The summed E-state index contributed by atoms with van der Waals surface area (Å²) < 4.78 is 0. The van der Waals surface area contributed by atoms with Crippen molar-refractivity contribution in [3.63, 3.8) is 0 Å². The molecule has 4 aromatic rings. The number of nitrogens with one attached hydrogen (secondary N) is 2. The molecule has 0 aliphatic rings. The molecule has 0 aliphatic heterocycles. The van der Waals surface area contributed by atoms with Gasteiger partial charge in [0.25, 0.3) is 5.91 Å². The molecule has 0 saturated carbocycles. The Labute approximate surface area is 193 Å². The van der Waals surface area contributed by atoms with Crippen LogP contribution in [0.1, 0.15) is 15.9 Å². The molecule has 0 spiro atoms. The molecule has 3 aromatic carbocycles. The van der Waals surface area contributed by atoms with E-state index in [9.17, 15) is 9.59 Å².